The fraction of sp³-hybridized carbons (Fsp3) is 0.588. The zero-order chi connectivity index (χ0) is 29.3. The predicted molar refractivity (Wildman–Crippen MR) is 158 cm³/mol. The predicted octanol–water partition coefficient (Wildman–Crippen LogP) is 5.57. The zero-order valence-electron chi connectivity index (χ0n) is 24.9. The van der Waals surface area contributed by atoms with Crippen LogP contribution in [-0.4, -0.2) is 66.8 Å². The topological polar surface area (TPSA) is 86.6 Å². The fourth-order valence-electron chi connectivity index (χ4n) is 6.17. The Labute approximate surface area is 245 Å². The molecule has 2 heterocycles. The average Bonchev–Trinajstić information content (AvgIpc) is 2.97. The van der Waals surface area contributed by atoms with Crippen molar-refractivity contribution in [2.24, 2.45) is 5.41 Å². The first-order valence-electron chi connectivity index (χ1n) is 14.9. The van der Waals surface area contributed by atoms with E-state index in [1.807, 2.05) is 48.5 Å². The highest BCUT2D eigenvalue weighted by Crippen LogP contribution is 2.50. The summed E-state index contributed by atoms with van der Waals surface area (Å²) in [5.74, 6) is -1.02. The van der Waals surface area contributed by atoms with Gasteiger partial charge < -0.3 is 33.9 Å². The second-order valence-electron chi connectivity index (χ2n) is 12.1. The van der Waals surface area contributed by atoms with Crippen molar-refractivity contribution in [3.05, 3.63) is 83.9 Å². The lowest BCUT2D eigenvalue weighted by Gasteiger charge is -2.56. The van der Waals surface area contributed by atoms with E-state index in [-0.39, 0.29) is 31.0 Å². The van der Waals surface area contributed by atoms with E-state index in [1.54, 1.807) is 7.11 Å². The lowest BCUT2D eigenvalue weighted by Crippen LogP contribution is -2.63. The van der Waals surface area contributed by atoms with Crippen molar-refractivity contribution in [1.29, 1.82) is 0 Å². The monoisotopic (exact) mass is 568 g/mol. The van der Waals surface area contributed by atoms with E-state index >= 15 is 0 Å². The molecule has 2 saturated heterocycles. The molecule has 2 aliphatic heterocycles. The lowest BCUT2D eigenvalue weighted by atomic mass is 9.70. The maximum absolute atomic E-state index is 11.0. The van der Waals surface area contributed by atoms with Crippen LogP contribution >= 0.6 is 0 Å². The number of methoxy groups -OCH3 is 1. The van der Waals surface area contributed by atoms with Crippen LogP contribution in [0.5, 0.6) is 0 Å². The molecule has 0 aliphatic carbocycles. The molecule has 0 amide bonds. The summed E-state index contributed by atoms with van der Waals surface area (Å²) in [4.78, 5) is 0. The molecule has 0 unspecified atom stereocenters. The van der Waals surface area contributed by atoms with E-state index in [1.165, 1.54) is 0 Å². The quantitative estimate of drug-likeness (QED) is 0.228. The third-order valence-electron chi connectivity index (χ3n) is 8.60. The van der Waals surface area contributed by atoms with Crippen LogP contribution in [0, 0.1) is 5.41 Å². The van der Waals surface area contributed by atoms with Crippen LogP contribution in [0.15, 0.2) is 72.8 Å². The molecule has 226 valence electrons. The second-order valence-corrected chi connectivity index (χ2v) is 12.1. The molecular weight excluding hydrogens is 520 g/mol. The number of ether oxygens (including phenoxy) is 5. The number of benzene rings is 2. The highest BCUT2D eigenvalue weighted by atomic mass is 16.7. The van der Waals surface area contributed by atoms with Gasteiger partial charge in [0.05, 0.1) is 50.3 Å². The Morgan fingerprint density at radius 3 is 2.22 bits per heavy atom. The molecule has 2 fully saturated rings. The first-order valence-corrected chi connectivity index (χ1v) is 14.9. The molecule has 2 N–H and O–H groups in total. The molecule has 6 atom stereocenters. The summed E-state index contributed by atoms with van der Waals surface area (Å²) >= 11 is 0. The first kappa shape index (κ1) is 31.8. The van der Waals surface area contributed by atoms with Crippen LogP contribution in [0.25, 0.3) is 0 Å². The van der Waals surface area contributed by atoms with Gasteiger partial charge in [-0.05, 0) is 36.8 Å². The number of rotatable bonds is 14. The van der Waals surface area contributed by atoms with Gasteiger partial charge in [-0.1, -0.05) is 86.7 Å². The van der Waals surface area contributed by atoms with Gasteiger partial charge in [0.25, 0.3) is 0 Å². The molecule has 0 radical (unpaired) electrons. The lowest BCUT2D eigenvalue weighted by molar-refractivity contribution is -0.363. The zero-order valence-corrected chi connectivity index (χ0v) is 24.9. The summed E-state index contributed by atoms with van der Waals surface area (Å²) in [5.41, 5.74) is 2.73. The van der Waals surface area contributed by atoms with Crippen molar-refractivity contribution < 1.29 is 33.9 Å². The maximum Gasteiger partial charge on any atom is 0.178 e. The summed E-state index contributed by atoms with van der Waals surface area (Å²) < 4.78 is 31.7. The van der Waals surface area contributed by atoms with Gasteiger partial charge in [-0.2, -0.15) is 0 Å². The summed E-state index contributed by atoms with van der Waals surface area (Å²) in [5, 5.41) is 20.8. The summed E-state index contributed by atoms with van der Waals surface area (Å²) in [6, 6.07) is 20.2. The van der Waals surface area contributed by atoms with Crippen LogP contribution in [0.3, 0.4) is 0 Å². The fourth-order valence-corrected chi connectivity index (χ4v) is 6.17. The molecule has 2 aromatic rings. The molecule has 0 saturated carbocycles. The van der Waals surface area contributed by atoms with Gasteiger partial charge in [0.2, 0.25) is 0 Å². The highest BCUT2D eigenvalue weighted by molar-refractivity contribution is 5.14. The Kier molecular flexibility index (Phi) is 11.5. The van der Waals surface area contributed by atoms with Crippen molar-refractivity contribution in [2.75, 3.05) is 20.3 Å². The maximum atomic E-state index is 11.0. The van der Waals surface area contributed by atoms with Crippen LogP contribution in [0.1, 0.15) is 63.5 Å². The summed E-state index contributed by atoms with van der Waals surface area (Å²) in [7, 11) is 1.67. The smallest absolute Gasteiger partial charge is 0.178 e. The Hall–Kier alpha value is -2.10. The van der Waals surface area contributed by atoms with Gasteiger partial charge in [-0.3, -0.25) is 0 Å². The van der Waals surface area contributed by atoms with Crippen LogP contribution in [0.2, 0.25) is 0 Å². The van der Waals surface area contributed by atoms with Crippen molar-refractivity contribution in [2.45, 2.75) is 102 Å². The van der Waals surface area contributed by atoms with Gasteiger partial charge in [0, 0.05) is 32.0 Å². The molecule has 2 aliphatic rings. The van der Waals surface area contributed by atoms with E-state index in [2.05, 4.69) is 32.6 Å². The van der Waals surface area contributed by atoms with Gasteiger partial charge in [0.1, 0.15) is 0 Å². The van der Waals surface area contributed by atoms with Crippen molar-refractivity contribution in [3.8, 4) is 0 Å². The van der Waals surface area contributed by atoms with Crippen molar-refractivity contribution in [1.82, 2.24) is 0 Å². The Morgan fingerprint density at radius 2 is 1.59 bits per heavy atom. The Balaban J connectivity index is 1.45. The van der Waals surface area contributed by atoms with E-state index in [9.17, 15) is 10.2 Å². The number of hydrogen-bond donors (Lipinski definition) is 2. The third kappa shape index (κ3) is 8.48. The van der Waals surface area contributed by atoms with Gasteiger partial charge in [-0.25, -0.2) is 0 Å². The molecule has 0 spiro atoms. The molecule has 7 nitrogen and oxygen atoms in total. The van der Waals surface area contributed by atoms with E-state index in [4.69, 9.17) is 23.7 Å². The summed E-state index contributed by atoms with van der Waals surface area (Å²) in [6.45, 7) is 9.83. The average molecular weight is 569 g/mol. The Morgan fingerprint density at radius 1 is 0.951 bits per heavy atom. The van der Waals surface area contributed by atoms with Crippen molar-refractivity contribution >= 4 is 0 Å². The standard InChI is InChI=1S/C34H48O7/c1-25-17-30(40-31(18-25)22-35)21-34(37-4)33(2,3)32(39-24-27-13-9-6-10-14-27)20-29(41-34)19-28(36)15-16-38-23-26-11-7-5-8-12-26/h5-14,28-32,35-36H,1,15-24H2,2-4H3/t28-,29+,30-,31+,32-,34-/m0/s1. The molecule has 0 bridgehead atoms. The van der Waals surface area contributed by atoms with E-state index in [0.29, 0.717) is 58.3 Å². The molecule has 4 rings (SSSR count). The molecule has 7 heteroatoms. The number of aliphatic hydroxyl groups excluding tert-OH is 2. The van der Waals surface area contributed by atoms with Gasteiger partial charge in [-0.15, -0.1) is 0 Å². The molecule has 0 aromatic heterocycles. The van der Waals surface area contributed by atoms with Crippen molar-refractivity contribution in [3.63, 3.8) is 0 Å². The van der Waals surface area contributed by atoms with Crippen LogP contribution in [-0.2, 0) is 36.9 Å². The second kappa shape index (κ2) is 14.9. The highest BCUT2D eigenvalue weighted by Gasteiger charge is 2.58. The SMILES string of the molecule is C=C1C[C@H](CO)O[C@H](C[C@]2(OC)O[C@H](C[C@@H](O)CCOCc3ccccc3)C[C@H](OCc3ccccc3)C2(C)C)C1. The Bertz CT molecular complexity index is 1060. The largest absolute Gasteiger partial charge is 0.394 e. The van der Waals surface area contributed by atoms with Gasteiger partial charge in [0.15, 0.2) is 5.79 Å². The van der Waals surface area contributed by atoms with Crippen LogP contribution in [0.4, 0.5) is 0 Å². The van der Waals surface area contributed by atoms with E-state index < -0.39 is 17.3 Å². The minimum Gasteiger partial charge on any atom is -0.394 e. The first-order chi connectivity index (χ1) is 19.7. The minimum atomic E-state index is -1.02. The number of aliphatic hydroxyl groups is 2. The molecule has 2 aromatic carbocycles. The minimum absolute atomic E-state index is 0.0519. The third-order valence-corrected chi connectivity index (χ3v) is 8.60. The van der Waals surface area contributed by atoms with Gasteiger partial charge >= 0.3 is 0 Å². The molecular formula is C34H48O7. The number of hydrogen-bond acceptors (Lipinski definition) is 7. The molecule has 41 heavy (non-hydrogen) atoms. The van der Waals surface area contributed by atoms with E-state index in [0.717, 1.165) is 16.7 Å². The van der Waals surface area contributed by atoms with Crippen LogP contribution < -0.4 is 0 Å². The summed E-state index contributed by atoms with van der Waals surface area (Å²) in [6.07, 6.45) is 1.83. The normalized spacial score (nSPS) is 28.9.